The lowest BCUT2D eigenvalue weighted by atomic mass is 9.92. The number of aromatic nitrogens is 2. The molecule has 2 aromatic rings. The van der Waals surface area contributed by atoms with E-state index in [-0.39, 0.29) is 0 Å². The molecule has 1 heterocycles. The second-order valence-corrected chi connectivity index (χ2v) is 5.39. The first-order chi connectivity index (χ1) is 9.25. The Balaban J connectivity index is 2.74. The number of alkyl halides is 1. The summed E-state index contributed by atoms with van der Waals surface area (Å²) >= 11 is 0. The minimum Gasteiger partial charge on any atom is -0.496 e. The Hall–Kier alpha value is -2.04. The van der Waals surface area contributed by atoms with Crippen LogP contribution in [-0.4, -0.2) is 16.9 Å². The van der Waals surface area contributed by atoms with Gasteiger partial charge in [-0.3, -0.25) is 4.68 Å². The second kappa shape index (κ2) is 4.81. The van der Waals surface area contributed by atoms with E-state index in [1.807, 2.05) is 13.0 Å². The monoisotopic (exact) mass is 277 g/mol. The Morgan fingerprint density at radius 1 is 1.35 bits per heavy atom. The minimum atomic E-state index is -1.49. The molecule has 2 N–H and O–H groups in total. The van der Waals surface area contributed by atoms with Crippen LogP contribution in [0.5, 0.6) is 5.75 Å². The van der Waals surface area contributed by atoms with Gasteiger partial charge >= 0.3 is 0 Å². The van der Waals surface area contributed by atoms with Gasteiger partial charge in [0, 0.05) is 24.2 Å². The van der Waals surface area contributed by atoms with Crippen LogP contribution in [0.4, 0.5) is 10.2 Å². The van der Waals surface area contributed by atoms with Crippen LogP contribution in [0.2, 0.25) is 0 Å². The number of rotatable bonds is 3. The maximum Gasteiger partial charge on any atom is 0.134 e. The van der Waals surface area contributed by atoms with Gasteiger partial charge in [0.2, 0.25) is 0 Å². The lowest BCUT2D eigenvalue weighted by Crippen LogP contribution is -2.12. The van der Waals surface area contributed by atoms with Gasteiger partial charge in [0.15, 0.2) is 0 Å². The fraction of sp³-hybridized carbons (Fsp3) is 0.400. The van der Waals surface area contributed by atoms with Crippen molar-refractivity contribution < 1.29 is 9.13 Å². The summed E-state index contributed by atoms with van der Waals surface area (Å²) in [6.07, 6.45) is 0. The smallest absolute Gasteiger partial charge is 0.134 e. The van der Waals surface area contributed by atoms with Crippen molar-refractivity contribution in [2.45, 2.75) is 26.4 Å². The van der Waals surface area contributed by atoms with Crippen LogP contribution in [0.25, 0.3) is 11.3 Å². The molecule has 5 heteroatoms. The van der Waals surface area contributed by atoms with E-state index in [9.17, 15) is 4.39 Å². The predicted octanol–water partition coefficient (Wildman–Crippen LogP) is 3.19. The Bertz CT molecular complexity index is 622. The Labute approximate surface area is 118 Å². The van der Waals surface area contributed by atoms with Gasteiger partial charge in [-0.05, 0) is 26.3 Å². The first kappa shape index (κ1) is 14.4. The highest BCUT2D eigenvalue weighted by Gasteiger charge is 2.27. The van der Waals surface area contributed by atoms with Crippen LogP contribution in [0.1, 0.15) is 25.0 Å². The molecular weight excluding hydrogens is 257 g/mol. The van der Waals surface area contributed by atoms with Crippen molar-refractivity contribution in [1.29, 1.82) is 0 Å². The van der Waals surface area contributed by atoms with Gasteiger partial charge in [-0.2, -0.15) is 5.10 Å². The summed E-state index contributed by atoms with van der Waals surface area (Å²) in [4.78, 5) is 0. The molecule has 0 atom stereocenters. The third kappa shape index (κ3) is 2.35. The van der Waals surface area contributed by atoms with Gasteiger partial charge < -0.3 is 10.5 Å². The number of hydrogen-bond acceptors (Lipinski definition) is 3. The number of benzene rings is 1. The van der Waals surface area contributed by atoms with Gasteiger partial charge in [-0.15, -0.1) is 0 Å². The summed E-state index contributed by atoms with van der Waals surface area (Å²) < 4.78 is 21.4. The molecule has 0 saturated heterocycles. The standard InChI is InChI=1S/C15H20FN3O/c1-9-6-7-10(15(2,3)16)14(20-5)13(9)11-8-12(17)19(4)18-11/h6-8H,17H2,1-5H3. The summed E-state index contributed by atoms with van der Waals surface area (Å²) in [6, 6.07) is 5.39. The summed E-state index contributed by atoms with van der Waals surface area (Å²) in [5.41, 5.74) is 7.27. The van der Waals surface area contributed by atoms with Crippen molar-refractivity contribution in [1.82, 2.24) is 9.78 Å². The van der Waals surface area contributed by atoms with Gasteiger partial charge in [0.25, 0.3) is 0 Å². The quantitative estimate of drug-likeness (QED) is 0.937. The number of nitrogen functional groups attached to an aromatic ring is 1. The molecule has 2 rings (SSSR count). The molecule has 0 aliphatic carbocycles. The Kier molecular flexibility index (Phi) is 3.46. The number of hydrogen-bond donors (Lipinski definition) is 1. The second-order valence-electron chi connectivity index (χ2n) is 5.39. The fourth-order valence-corrected chi connectivity index (χ4v) is 2.28. The van der Waals surface area contributed by atoms with Crippen molar-refractivity contribution in [2.24, 2.45) is 7.05 Å². The highest BCUT2D eigenvalue weighted by Crippen LogP contribution is 2.41. The lowest BCUT2D eigenvalue weighted by molar-refractivity contribution is 0.213. The third-order valence-corrected chi connectivity index (χ3v) is 3.38. The van der Waals surface area contributed by atoms with Gasteiger partial charge in [-0.1, -0.05) is 12.1 Å². The van der Waals surface area contributed by atoms with E-state index in [1.165, 1.54) is 13.8 Å². The first-order valence-electron chi connectivity index (χ1n) is 6.42. The fourth-order valence-electron chi connectivity index (χ4n) is 2.28. The van der Waals surface area contributed by atoms with E-state index in [2.05, 4.69) is 5.10 Å². The van der Waals surface area contributed by atoms with E-state index in [1.54, 1.807) is 31.0 Å². The number of nitrogens with zero attached hydrogens (tertiary/aromatic N) is 2. The predicted molar refractivity (Wildman–Crippen MR) is 78.5 cm³/mol. The van der Waals surface area contributed by atoms with Crippen molar-refractivity contribution in [2.75, 3.05) is 12.8 Å². The van der Waals surface area contributed by atoms with E-state index in [4.69, 9.17) is 10.5 Å². The molecule has 1 aromatic heterocycles. The average Bonchev–Trinajstić information content (AvgIpc) is 2.67. The number of halogens is 1. The lowest BCUT2D eigenvalue weighted by Gasteiger charge is -2.21. The maximum absolute atomic E-state index is 14.4. The summed E-state index contributed by atoms with van der Waals surface area (Å²) in [5, 5.41) is 4.36. The van der Waals surface area contributed by atoms with E-state index in [0.717, 1.165) is 11.1 Å². The molecule has 0 fully saturated rings. The van der Waals surface area contributed by atoms with Crippen LogP contribution in [0.3, 0.4) is 0 Å². The zero-order valence-corrected chi connectivity index (χ0v) is 12.5. The molecular formula is C15H20FN3O. The average molecular weight is 277 g/mol. The van der Waals surface area contributed by atoms with Gasteiger partial charge in [-0.25, -0.2) is 4.39 Å². The zero-order chi connectivity index (χ0) is 15.1. The summed E-state index contributed by atoms with van der Waals surface area (Å²) in [5.74, 6) is 1.06. The van der Waals surface area contributed by atoms with Crippen molar-refractivity contribution >= 4 is 5.82 Å². The van der Waals surface area contributed by atoms with Crippen molar-refractivity contribution in [3.05, 3.63) is 29.3 Å². The number of ether oxygens (including phenoxy) is 1. The zero-order valence-electron chi connectivity index (χ0n) is 12.5. The molecule has 1 aromatic carbocycles. The maximum atomic E-state index is 14.4. The van der Waals surface area contributed by atoms with E-state index < -0.39 is 5.67 Å². The highest BCUT2D eigenvalue weighted by atomic mass is 19.1. The van der Waals surface area contributed by atoms with Gasteiger partial charge in [0.05, 0.1) is 12.8 Å². The minimum absolute atomic E-state index is 0.504. The van der Waals surface area contributed by atoms with Crippen LogP contribution in [-0.2, 0) is 12.7 Å². The normalized spacial score (nSPS) is 11.7. The number of aryl methyl sites for hydroxylation is 2. The first-order valence-corrected chi connectivity index (χ1v) is 6.42. The van der Waals surface area contributed by atoms with Crippen LogP contribution in [0.15, 0.2) is 18.2 Å². The molecule has 108 valence electrons. The SMILES string of the molecule is COc1c(C(C)(C)F)ccc(C)c1-c1cc(N)n(C)n1. The summed E-state index contributed by atoms with van der Waals surface area (Å²) in [6.45, 7) is 4.96. The molecule has 0 radical (unpaired) electrons. The van der Waals surface area contributed by atoms with Crippen LogP contribution in [0, 0.1) is 6.92 Å². The highest BCUT2D eigenvalue weighted by molar-refractivity contribution is 5.75. The molecule has 0 spiro atoms. The summed E-state index contributed by atoms with van der Waals surface area (Å²) in [7, 11) is 3.31. The largest absolute Gasteiger partial charge is 0.496 e. The molecule has 0 aliphatic rings. The van der Waals surface area contributed by atoms with Crippen LogP contribution >= 0.6 is 0 Å². The van der Waals surface area contributed by atoms with Crippen molar-refractivity contribution in [3.63, 3.8) is 0 Å². The van der Waals surface area contributed by atoms with Gasteiger partial charge in [0.1, 0.15) is 17.2 Å². The van der Waals surface area contributed by atoms with E-state index >= 15 is 0 Å². The van der Waals surface area contributed by atoms with Crippen molar-refractivity contribution in [3.8, 4) is 17.0 Å². The van der Waals surface area contributed by atoms with E-state index in [0.29, 0.717) is 22.8 Å². The number of nitrogens with two attached hydrogens (primary N) is 1. The molecule has 0 aliphatic heterocycles. The molecule has 0 saturated carbocycles. The topological polar surface area (TPSA) is 53.1 Å². The third-order valence-electron chi connectivity index (χ3n) is 3.38. The number of methoxy groups -OCH3 is 1. The molecule has 0 bridgehead atoms. The molecule has 0 unspecified atom stereocenters. The number of anilines is 1. The molecule has 0 amide bonds. The van der Waals surface area contributed by atoms with Crippen LogP contribution < -0.4 is 10.5 Å². The Morgan fingerprint density at radius 3 is 2.45 bits per heavy atom. The molecule has 20 heavy (non-hydrogen) atoms. The Morgan fingerprint density at radius 2 is 2.00 bits per heavy atom. The molecule has 4 nitrogen and oxygen atoms in total.